The van der Waals surface area contributed by atoms with Crippen LogP contribution in [-0.4, -0.2) is 34.6 Å². The van der Waals surface area contributed by atoms with E-state index in [2.05, 4.69) is 25.7 Å². The summed E-state index contributed by atoms with van der Waals surface area (Å²) in [6.45, 7) is 7.95. The summed E-state index contributed by atoms with van der Waals surface area (Å²) in [5.74, 6) is 0.672. The maximum Gasteiger partial charge on any atom is 0.308 e. The highest BCUT2D eigenvalue weighted by molar-refractivity contribution is 5.71. The average Bonchev–Trinajstić information content (AvgIpc) is 2.72. The van der Waals surface area contributed by atoms with Gasteiger partial charge in [0.15, 0.2) is 0 Å². The molecule has 1 N–H and O–H groups in total. The molecular formula is C14H25NO2. The van der Waals surface area contributed by atoms with E-state index >= 15 is 0 Å². The van der Waals surface area contributed by atoms with Crippen molar-refractivity contribution in [3.05, 3.63) is 0 Å². The lowest BCUT2D eigenvalue weighted by atomic mass is 9.83. The molecule has 2 fully saturated rings. The van der Waals surface area contributed by atoms with E-state index in [-0.39, 0.29) is 12.0 Å². The molecule has 0 amide bonds. The zero-order valence-corrected chi connectivity index (χ0v) is 11.2. The molecule has 0 spiro atoms. The molecule has 0 aromatic heterocycles. The summed E-state index contributed by atoms with van der Waals surface area (Å²) in [5.41, 5.74) is 0. The molecule has 3 nitrogen and oxygen atoms in total. The van der Waals surface area contributed by atoms with Crippen molar-refractivity contribution in [2.75, 3.05) is 6.54 Å². The molecule has 0 radical (unpaired) electrons. The van der Waals surface area contributed by atoms with Gasteiger partial charge in [0.1, 0.15) is 0 Å². The van der Waals surface area contributed by atoms with Crippen molar-refractivity contribution in [3.8, 4) is 0 Å². The molecule has 2 aliphatic rings. The summed E-state index contributed by atoms with van der Waals surface area (Å²) >= 11 is 0. The number of hydrogen-bond acceptors (Lipinski definition) is 2. The summed E-state index contributed by atoms with van der Waals surface area (Å²) in [6.07, 6.45) is 4.29. The Bertz CT molecular complexity index is 292. The molecule has 2 rings (SSSR count). The van der Waals surface area contributed by atoms with Crippen LogP contribution in [0.1, 0.15) is 46.5 Å². The average molecular weight is 239 g/mol. The van der Waals surface area contributed by atoms with Crippen LogP contribution in [0.25, 0.3) is 0 Å². The van der Waals surface area contributed by atoms with E-state index in [0.29, 0.717) is 17.9 Å². The largest absolute Gasteiger partial charge is 0.481 e. The number of carbonyl (C=O) groups is 1. The smallest absolute Gasteiger partial charge is 0.308 e. The fourth-order valence-electron chi connectivity index (χ4n) is 3.82. The highest BCUT2D eigenvalue weighted by Crippen LogP contribution is 2.36. The Labute approximate surface area is 104 Å². The third-order valence-corrected chi connectivity index (χ3v) is 4.87. The van der Waals surface area contributed by atoms with Crippen molar-refractivity contribution in [1.82, 2.24) is 4.90 Å². The first kappa shape index (κ1) is 12.9. The van der Waals surface area contributed by atoms with Crippen molar-refractivity contribution in [2.45, 2.75) is 58.5 Å². The van der Waals surface area contributed by atoms with Gasteiger partial charge in [-0.1, -0.05) is 20.3 Å². The predicted octanol–water partition coefficient (Wildman–Crippen LogP) is 2.61. The van der Waals surface area contributed by atoms with Crippen molar-refractivity contribution >= 4 is 5.97 Å². The molecule has 1 heterocycles. The standard InChI is InChI=1S/C14H25NO2/c1-9-7-10(2)11(3)15(8-9)13-6-4-5-12(13)14(16)17/h9-13H,4-8H2,1-3H3,(H,16,17). The summed E-state index contributed by atoms with van der Waals surface area (Å²) in [4.78, 5) is 13.8. The number of piperidine rings is 1. The van der Waals surface area contributed by atoms with E-state index in [1.165, 1.54) is 6.42 Å². The lowest BCUT2D eigenvalue weighted by Crippen LogP contribution is -2.53. The summed E-state index contributed by atoms with van der Waals surface area (Å²) in [5, 5.41) is 9.31. The van der Waals surface area contributed by atoms with Gasteiger partial charge >= 0.3 is 5.97 Å². The molecule has 1 aliphatic carbocycles. The zero-order valence-electron chi connectivity index (χ0n) is 11.2. The highest BCUT2D eigenvalue weighted by Gasteiger charge is 2.41. The van der Waals surface area contributed by atoms with Crippen LogP contribution in [0.2, 0.25) is 0 Å². The van der Waals surface area contributed by atoms with Crippen LogP contribution in [0, 0.1) is 17.8 Å². The van der Waals surface area contributed by atoms with Gasteiger partial charge in [-0.2, -0.15) is 0 Å². The first-order valence-corrected chi connectivity index (χ1v) is 6.99. The lowest BCUT2D eigenvalue weighted by Gasteiger charge is -2.45. The van der Waals surface area contributed by atoms with Crippen molar-refractivity contribution in [2.24, 2.45) is 17.8 Å². The second kappa shape index (κ2) is 4.97. The van der Waals surface area contributed by atoms with E-state index in [4.69, 9.17) is 0 Å². The van der Waals surface area contributed by atoms with Crippen LogP contribution in [0.5, 0.6) is 0 Å². The minimum atomic E-state index is -0.592. The Morgan fingerprint density at radius 3 is 2.59 bits per heavy atom. The quantitative estimate of drug-likeness (QED) is 0.805. The van der Waals surface area contributed by atoms with Gasteiger partial charge in [-0.05, 0) is 38.0 Å². The SMILES string of the molecule is CC1CC(C)C(C)N(C2CCCC2C(=O)O)C1. The Morgan fingerprint density at radius 1 is 1.24 bits per heavy atom. The van der Waals surface area contributed by atoms with E-state index in [9.17, 15) is 9.90 Å². The Kier molecular flexibility index (Phi) is 3.76. The first-order chi connectivity index (χ1) is 8.00. The zero-order chi connectivity index (χ0) is 12.6. The molecule has 1 aliphatic heterocycles. The van der Waals surface area contributed by atoms with Crippen LogP contribution >= 0.6 is 0 Å². The van der Waals surface area contributed by atoms with Gasteiger partial charge in [-0.15, -0.1) is 0 Å². The van der Waals surface area contributed by atoms with Gasteiger partial charge in [-0.3, -0.25) is 9.69 Å². The van der Waals surface area contributed by atoms with Crippen LogP contribution < -0.4 is 0 Å². The Balaban J connectivity index is 2.11. The van der Waals surface area contributed by atoms with Gasteiger partial charge < -0.3 is 5.11 Å². The van der Waals surface area contributed by atoms with Crippen molar-refractivity contribution in [1.29, 1.82) is 0 Å². The summed E-state index contributed by atoms with van der Waals surface area (Å²) in [7, 11) is 0. The number of hydrogen-bond donors (Lipinski definition) is 1. The maximum absolute atomic E-state index is 11.3. The second-order valence-corrected chi connectivity index (χ2v) is 6.20. The summed E-state index contributed by atoms with van der Waals surface area (Å²) in [6, 6.07) is 0.823. The molecule has 1 saturated carbocycles. The van der Waals surface area contributed by atoms with Crippen LogP contribution in [-0.2, 0) is 4.79 Å². The maximum atomic E-state index is 11.3. The molecule has 0 aromatic rings. The molecule has 1 saturated heterocycles. The number of aliphatic carboxylic acids is 1. The van der Waals surface area contributed by atoms with Gasteiger partial charge in [0.2, 0.25) is 0 Å². The molecule has 17 heavy (non-hydrogen) atoms. The number of carboxylic acids is 1. The van der Waals surface area contributed by atoms with E-state index in [1.54, 1.807) is 0 Å². The first-order valence-electron chi connectivity index (χ1n) is 6.99. The topological polar surface area (TPSA) is 40.5 Å². The van der Waals surface area contributed by atoms with Crippen LogP contribution in [0.15, 0.2) is 0 Å². The van der Waals surface area contributed by atoms with Crippen molar-refractivity contribution in [3.63, 3.8) is 0 Å². The predicted molar refractivity (Wildman–Crippen MR) is 67.9 cm³/mol. The lowest BCUT2D eigenvalue weighted by molar-refractivity contribution is -0.144. The molecule has 3 heteroatoms. The van der Waals surface area contributed by atoms with E-state index < -0.39 is 5.97 Å². The summed E-state index contributed by atoms with van der Waals surface area (Å²) < 4.78 is 0. The van der Waals surface area contributed by atoms with Gasteiger partial charge in [0, 0.05) is 18.6 Å². The van der Waals surface area contributed by atoms with Crippen LogP contribution in [0.3, 0.4) is 0 Å². The number of likely N-dealkylation sites (tertiary alicyclic amines) is 1. The number of rotatable bonds is 2. The molecule has 0 aromatic carbocycles. The fourth-order valence-corrected chi connectivity index (χ4v) is 3.82. The van der Waals surface area contributed by atoms with Crippen LogP contribution in [0.4, 0.5) is 0 Å². The third-order valence-electron chi connectivity index (χ3n) is 4.87. The number of nitrogens with zero attached hydrogens (tertiary/aromatic N) is 1. The van der Waals surface area contributed by atoms with E-state index in [1.807, 2.05) is 0 Å². The van der Waals surface area contributed by atoms with Crippen molar-refractivity contribution < 1.29 is 9.90 Å². The normalized spacial score (nSPS) is 43.8. The Morgan fingerprint density at radius 2 is 1.94 bits per heavy atom. The monoisotopic (exact) mass is 239 g/mol. The van der Waals surface area contributed by atoms with Gasteiger partial charge in [-0.25, -0.2) is 0 Å². The fraction of sp³-hybridized carbons (Fsp3) is 0.929. The second-order valence-electron chi connectivity index (χ2n) is 6.20. The Hall–Kier alpha value is -0.570. The number of carboxylic acid groups (broad SMARTS) is 1. The highest BCUT2D eigenvalue weighted by atomic mass is 16.4. The van der Waals surface area contributed by atoms with E-state index in [0.717, 1.165) is 25.8 Å². The van der Waals surface area contributed by atoms with Gasteiger partial charge in [0.05, 0.1) is 5.92 Å². The van der Waals surface area contributed by atoms with Gasteiger partial charge in [0.25, 0.3) is 0 Å². The molecule has 0 bridgehead atoms. The molecule has 5 atom stereocenters. The molecule has 5 unspecified atom stereocenters. The molecular weight excluding hydrogens is 214 g/mol. The third kappa shape index (κ3) is 2.49. The minimum absolute atomic E-state index is 0.130. The minimum Gasteiger partial charge on any atom is -0.481 e. The molecule has 98 valence electrons.